The summed E-state index contributed by atoms with van der Waals surface area (Å²) in [6.45, 7) is 5.26. The zero-order valence-electron chi connectivity index (χ0n) is 13.0. The van der Waals surface area contributed by atoms with Crippen molar-refractivity contribution in [2.24, 2.45) is 5.92 Å². The van der Waals surface area contributed by atoms with Gasteiger partial charge in [-0.3, -0.25) is 10.1 Å². The van der Waals surface area contributed by atoms with Crippen LogP contribution in [0.4, 0.5) is 0 Å². The number of hydrogen-bond donors (Lipinski definition) is 1. The van der Waals surface area contributed by atoms with E-state index in [4.69, 9.17) is 0 Å². The van der Waals surface area contributed by atoms with Crippen LogP contribution in [0.1, 0.15) is 18.9 Å². The maximum Gasteiger partial charge on any atom is 0.241 e. The third-order valence-corrected chi connectivity index (χ3v) is 4.72. The van der Waals surface area contributed by atoms with Gasteiger partial charge in [0, 0.05) is 13.1 Å². The lowest BCUT2D eigenvalue weighted by Gasteiger charge is -2.24. The highest BCUT2D eigenvalue weighted by Gasteiger charge is 2.37. The zero-order valence-corrected chi connectivity index (χ0v) is 13.0. The van der Waals surface area contributed by atoms with Crippen LogP contribution in [0, 0.1) is 5.92 Å². The van der Waals surface area contributed by atoms with Crippen molar-refractivity contribution >= 4 is 5.91 Å². The standard InChI is InChI=1S/C17H25N3O/c1-13-18-16(10-14-6-4-3-5-7-14)17(21)20(13)12-15-8-9-19(2)11-15/h3-7,13,15-16,18H,8-12H2,1-2H3. The Kier molecular flexibility index (Phi) is 4.27. The third kappa shape index (κ3) is 3.27. The first-order valence-corrected chi connectivity index (χ1v) is 7.92. The Morgan fingerprint density at radius 3 is 2.71 bits per heavy atom. The normalized spacial score (nSPS) is 30.3. The minimum Gasteiger partial charge on any atom is -0.326 e. The van der Waals surface area contributed by atoms with Gasteiger partial charge in [-0.25, -0.2) is 0 Å². The quantitative estimate of drug-likeness (QED) is 0.907. The molecular formula is C17H25N3O. The molecule has 0 aliphatic carbocycles. The van der Waals surface area contributed by atoms with Crippen molar-refractivity contribution < 1.29 is 4.79 Å². The van der Waals surface area contributed by atoms with Crippen molar-refractivity contribution in [1.82, 2.24) is 15.1 Å². The van der Waals surface area contributed by atoms with E-state index in [0.717, 1.165) is 26.1 Å². The van der Waals surface area contributed by atoms with Gasteiger partial charge in [-0.15, -0.1) is 0 Å². The fraction of sp³-hybridized carbons (Fsp3) is 0.588. The number of likely N-dealkylation sites (tertiary alicyclic amines) is 1. The van der Waals surface area contributed by atoms with Gasteiger partial charge in [-0.2, -0.15) is 0 Å². The van der Waals surface area contributed by atoms with Crippen LogP contribution in [-0.2, 0) is 11.2 Å². The first-order chi connectivity index (χ1) is 10.1. The van der Waals surface area contributed by atoms with Crippen LogP contribution in [0.2, 0.25) is 0 Å². The number of carbonyl (C=O) groups excluding carboxylic acids is 1. The summed E-state index contributed by atoms with van der Waals surface area (Å²) < 4.78 is 0. The third-order valence-electron chi connectivity index (χ3n) is 4.72. The van der Waals surface area contributed by atoms with Gasteiger partial charge in [0.15, 0.2) is 0 Å². The van der Waals surface area contributed by atoms with Crippen LogP contribution in [0.3, 0.4) is 0 Å². The topological polar surface area (TPSA) is 35.6 Å². The lowest BCUT2D eigenvalue weighted by Crippen LogP contribution is -2.39. The predicted octanol–water partition coefficient (Wildman–Crippen LogP) is 1.33. The Bertz CT molecular complexity index is 490. The van der Waals surface area contributed by atoms with Gasteiger partial charge in [0.25, 0.3) is 0 Å². The highest BCUT2D eigenvalue weighted by Crippen LogP contribution is 2.21. The molecule has 2 aliphatic heterocycles. The molecule has 1 aromatic rings. The molecule has 0 saturated carbocycles. The van der Waals surface area contributed by atoms with E-state index in [0.29, 0.717) is 5.92 Å². The lowest BCUT2D eigenvalue weighted by atomic mass is 10.1. The van der Waals surface area contributed by atoms with Gasteiger partial charge in [0.2, 0.25) is 5.91 Å². The molecule has 1 amide bonds. The largest absolute Gasteiger partial charge is 0.326 e. The SMILES string of the molecule is CC1NC(Cc2ccccc2)C(=O)N1CC1CCN(C)C1. The van der Waals surface area contributed by atoms with Crippen LogP contribution in [0.15, 0.2) is 30.3 Å². The second kappa shape index (κ2) is 6.16. The summed E-state index contributed by atoms with van der Waals surface area (Å²) >= 11 is 0. The average Bonchev–Trinajstić information content (AvgIpc) is 2.99. The number of nitrogens with zero attached hydrogens (tertiary/aromatic N) is 2. The second-order valence-electron chi connectivity index (χ2n) is 6.49. The molecule has 1 N–H and O–H groups in total. The molecule has 0 spiro atoms. The minimum atomic E-state index is -0.0680. The number of rotatable bonds is 4. The molecule has 4 heteroatoms. The number of benzene rings is 1. The average molecular weight is 287 g/mol. The van der Waals surface area contributed by atoms with Gasteiger partial charge < -0.3 is 9.80 Å². The van der Waals surface area contributed by atoms with Crippen LogP contribution < -0.4 is 5.32 Å². The van der Waals surface area contributed by atoms with E-state index in [2.05, 4.69) is 36.3 Å². The monoisotopic (exact) mass is 287 g/mol. The molecule has 3 atom stereocenters. The van der Waals surface area contributed by atoms with Crippen molar-refractivity contribution in [2.75, 3.05) is 26.7 Å². The Balaban J connectivity index is 1.61. The maximum atomic E-state index is 12.6. The van der Waals surface area contributed by atoms with Crippen LogP contribution in [0.25, 0.3) is 0 Å². The highest BCUT2D eigenvalue weighted by atomic mass is 16.2. The summed E-state index contributed by atoms with van der Waals surface area (Å²) in [4.78, 5) is 17.0. The molecule has 2 heterocycles. The lowest BCUT2D eigenvalue weighted by molar-refractivity contribution is -0.130. The fourth-order valence-corrected chi connectivity index (χ4v) is 3.54. The van der Waals surface area contributed by atoms with Crippen molar-refractivity contribution in [1.29, 1.82) is 0 Å². The van der Waals surface area contributed by atoms with Gasteiger partial charge >= 0.3 is 0 Å². The molecule has 0 bridgehead atoms. The molecule has 4 nitrogen and oxygen atoms in total. The van der Waals surface area contributed by atoms with Crippen LogP contribution in [0.5, 0.6) is 0 Å². The second-order valence-corrected chi connectivity index (χ2v) is 6.49. The maximum absolute atomic E-state index is 12.6. The van der Waals surface area contributed by atoms with E-state index < -0.39 is 0 Å². The molecule has 2 fully saturated rings. The van der Waals surface area contributed by atoms with E-state index in [1.54, 1.807) is 0 Å². The molecule has 1 aromatic carbocycles. The molecule has 0 radical (unpaired) electrons. The Hall–Kier alpha value is -1.39. The smallest absolute Gasteiger partial charge is 0.241 e. The van der Waals surface area contributed by atoms with Crippen molar-refractivity contribution in [2.45, 2.75) is 32.0 Å². The molecule has 3 rings (SSSR count). The highest BCUT2D eigenvalue weighted by molar-refractivity contribution is 5.84. The Labute approximate surface area is 127 Å². The van der Waals surface area contributed by atoms with Gasteiger partial charge in [-0.05, 0) is 44.8 Å². The van der Waals surface area contributed by atoms with Crippen LogP contribution in [-0.4, -0.2) is 54.6 Å². The molecule has 2 saturated heterocycles. The summed E-state index contributed by atoms with van der Waals surface area (Å²) in [5.74, 6) is 0.889. The number of hydrogen-bond acceptors (Lipinski definition) is 3. The first kappa shape index (κ1) is 14.5. The van der Waals surface area contributed by atoms with E-state index in [9.17, 15) is 4.79 Å². The zero-order chi connectivity index (χ0) is 14.8. The van der Waals surface area contributed by atoms with Gasteiger partial charge in [0.05, 0.1) is 12.2 Å². The Morgan fingerprint density at radius 1 is 1.29 bits per heavy atom. The summed E-state index contributed by atoms with van der Waals surface area (Å²) in [6, 6.07) is 10.2. The summed E-state index contributed by atoms with van der Waals surface area (Å²) in [5.41, 5.74) is 1.22. The number of carbonyl (C=O) groups is 1. The first-order valence-electron chi connectivity index (χ1n) is 7.92. The summed E-state index contributed by atoms with van der Waals surface area (Å²) in [6.07, 6.45) is 2.14. The molecule has 2 aliphatic rings. The van der Waals surface area contributed by atoms with E-state index >= 15 is 0 Å². The molecule has 0 aromatic heterocycles. The van der Waals surface area contributed by atoms with Crippen molar-refractivity contribution in [3.8, 4) is 0 Å². The number of nitrogens with one attached hydrogen (secondary N) is 1. The van der Waals surface area contributed by atoms with E-state index in [1.807, 2.05) is 23.1 Å². The molecule has 114 valence electrons. The van der Waals surface area contributed by atoms with E-state index in [1.165, 1.54) is 12.0 Å². The fourth-order valence-electron chi connectivity index (χ4n) is 3.54. The summed E-state index contributed by atoms with van der Waals surface area (Å²) in [7, 11) is 2.16. The molecule has 3 unspecified atom stereocenters. The van der Waals surface area contributed by atoms with Crippen molar-refractivity contribution in [3.05, 3.63) is 35.9 Å². The number of amides is 1. The van der Waals surface area contributed by atoms with Gasteiger partial charge in [0.1, 0.15) is 0 Å². The minimum absolute atomic E-state index is 0.0680. The molecular weight excluding hydrogens is 262 g/mol. The van der Waals surface area contributed by atoms with Crippen LogP contribution >= 0.6 is 0 Å². The predicted molar refractivity (Wildman–Crippen MR) is 83.8 cm³/mol. The summed E-state index contributed by atoms with van der Waals surface area (Å²) in [5, 5.41) is 3.45. The van der Waals surface area contributed by atoms with E-state index in [-0.39, 0.29) is 18.1 Å². The van der Waals surface area contributed by atoms with Crippen molar-refractivity contribution in [3.63, 3.8) is 0 Å². The van der Waals surface area contributed by atoms with Gasteiger partial charge in [-0.1, -0.05) is 30.3 Å². The Morgan fingerprint density at radius 2 is 2.05 bits per heavy atom. The molecule has 21 heavy (non-hydrogen) atoms.